The molecule has 0 saturated carbocycles. The Bertz CT molecular complexity index is 140. The maximum absolute atomic E-state index is 2.35. The molecule has 58 valence electrons. The van der Waals surface area contributed by atoms with Crippen LogP contribution in [0.5, 0.6) is 0 Å². The molecular weight excluding hydrogens is 124 g/mol. The van der Waals surface area contributed by atoms with Gasteiger partial charge in [0.1, 0.15) is 0 Å². The van der Waals surface area contributed by atoms with Gasteiger partial charge in [-0.05, 0) is 13.8 Å². The summed E-state index contributed by atoms with van der Waals surface area (Å²) in [4.78, 5) is 2.28. The molecule has 0 aliphatic carbocycles. The minimum atomic E-state index is 0.725. The van der Waals surface area contributed by atoms with Crippen LogP contribution in [-0.4, -0.2) is 42.0 Å². The minimum Gasteiger partial charge on any atom is -0.268 e. The van der Waals surface area contributed by atoms with Crippen molar-refractivity contribution in [3.63, 3.8) is 0 Å². The number of nitrogens with zero attached hydrogens (tertiary/aromatic N) is 2. The van der Waals surface area contributed by atoms with E-state index in [1.54, 1.807) is 0 Å². The van der Waals surface area contributed by atoms with Crippen molar-refractivity contribution in [2.24, 2.45) is 0 Å². The third-order valence-electron chi connectivity index (χ3n) is 2.28. The van der Waals surface area contributed by atoms with Gasteiger partial charge in [0.15, 0.2) is 0 Å². The third-order valence-corrected chi connectivity index (χ3v) is 2.28. The second kappa shape index (κ2) is 3.04. The summed E-state index contributed by atoms with van der Waals surface area (Å²) in [7, 11) is 2.15. The van der Waals surface area contributed by atoms with Crippen molar-refractivity contribution < 1.29 is 4.58 Å². The van der Waals surface area contributed by atoms with Crippen LogP contribution in [0.4, 0.5) is 0 Å². The fourth-order valence-electron chi connectivity index (χ4n) is 1.23. The number of hydrogen-bond acceptors (Lipinski definition) is 1. The summed E-state index contributed by atoms with van der Waals surface area (Å²) in [5, 5.41) is 0. The van der Waals surface area contributed by atoms with Gasteiger partial charge >= 0.3 is 0 Å². The molecule has 0 aromatic heterocycles. The second-order valence-electron chi connectivity index (χ2n) is 3.05. The number of rotatable bonds is 1. The highest BCUT2D eigenvalue weighted by molar-refractivity contribution is 5.49. The molecule has 1 heterocycles. The average molecular weight is 141 g/mol. The van der Waals surface area contributed by atoms with Gasteiger partial charge < -0.3 is 0 Å². The molecule has 10 heavy (non-hydrogen) atoms. The fraction of sp³-hybridized carbons (Fsp3) is 0.875. The lowest BCUT2D eigenvalue weighted by Crippen LogP contribution is -2.39. The highest BCUT2D eigenvalue weighted by Crippen LogP contribution is 2.03. The van der Waals surface area contributed by atoms with Crippen LogP contribution in [0.1, 0.15) is 20.3 Å². The van der Waals surface area contributed by atoms with Crippen molar-refractivity contribution in [3.05, 3.63) is 0 Å². The first-order valence-electron chi connectivity index (χ1n) is 4.05. The zero-order valence-electron chi connectivity index (χ0n) is 7.17. The Labute approximate surface area is 63.2 Å². The Balaban J connectivity index is 2.56. The van der Waals surface area contributed by atoms with Crippen LogP contribution in [0.15, 0.2) is 0 Å². The molecule has 0 radical (unpaired) electrons. The topological polar surface area (TPSA) is 6.25 Å². The monoisotopic (exact) mass is 141 g/mol. The fourth-order valence-corrected chi connectivity index (χ4v) is 1.23. The van der Waals surface area contributed by atoms with E-state index in [2.05, 4.69) is 36.7 Å². The molecule has 0 spiro atoms. The highest BCUT2D eigenvalue weighted by Gasteiger charge is 2.18. The van der Waals surface area contributed by atoms with Crippen LogP contribution in [0, 0.1) is 0 Å². The lowest BCUT2D eigenvalue weighted by Gasteiger charge is -2.22. The summed E-state index contributed by atoms with van der Waals surface area (Å²) >= 11 is 0. The summed E-state index contributed by atoms with van der Waals surface area (Å²) in [5.41, 5.74) is 0. The van der Waals surface area contributed by atoms with E-state index in [4.69, 9.17) is 0 Å². The van der Waals surface area contributed by atoms with Crippen LogP contribution >= 0.6 is 0 Å². The summed E-state index contributed by atoms with van der Waals surface area (Å²) in [5.74, 6) is 0. The Morgan fingerprint density at radius 2 is 2.40 bits per heavy atom. The van der Waals surface area contributed by atoms with Crippen LogP contribution in [0.2, 0.25) is 0 Å². The van der Waals surface area contributed by atoms with Gasteiger partial charge in [0, 0.05) is 6.42 Å². The Hall–Kier alpha value is -0.530. The molecule has 0 aromatic carbocycles. The van der Waals surface area contributed by atoms with Gasteiger partial charge in [0.05, 0.1) is 26.2 Å². The normalized spacial score (nSPS) is 26.5. The predicted molar refractivity (Wildman–Crippen MR) is 43.6 cm³/mol. The van der Waals surface area contributed by atoms with Gasteiger partial charge in [0.2, 0.25) is 6.34 Å². The summed E-state index contributed by atoms with van der Waals surface area (Å²) < 4.78 is 2.35. The standard InChI is InChI=1S/C8H17N2/c1-4-10-6-5-8(2)9(3)7-10/h7-8H,4-6H2,1-3H3/q+1. The van der Waals surface area contributed by atoms with Crippen molar-refractivity contribution >= 4 is 6.34 Å². The maximum atomic E-state index is 2.35. The molecule has 0 bridgehead atoms. The van der Waals surface area contributed by atoms with Gasteiger partial charge in [-0.25, -0.2) is 0 Å². The van der Waals surface area contributed by atoms with Crippen LogP contribution in [0.25, 0.3) is 0 Å². The molecule has 0 fully saturated rings. The van der Waals surface area contributed by atoms with Gasteiger partial charge in [-0.1, -0.05) is 0 Å². The Morgan fingerprint density at radius 3 is 2.90 bits per heavy atom. The van der Waals surface area contributed by atoms with E-state index < -0.39 is 0 Å². The first-order chi connectivity index (χ1) is 4.74. The average Bonchev–Trinajstić information content (AvgIpc) is 1.95. The lowest BCUT2D eigenvalue weighted by atomic mass is 10.2. The summed E-state index contributed by atoms with van der Waals surface area (Å²) in [6, 6.07) is 0.725. The molecule has 1 aliphatic rings. The molecular formula is C8H17N2+. The zero-order chi connectivity index (χ0) is 7.56. The van der Waals surface area contributed by atoms with Crippen LogP contribution in [0.3, 0.4) is 0 Å². The van der Waals surface area contributed by atoms with Crippen LogP contribution in [-0.2, 0) is 0 Å². The van der Waals surface area contributed by atoms with E-state index in [-0.39, 0.29) is 0 Å². The van der Waals surface area contributed by atoms with Crippen molar-refractivity contribution in [2.45, 2.75) is 26.3 Å². The molecule has 1 atom stereocenters. The smallest absolute Gasteiger partial charge is 0.234 e. The first-order valence-corrected chi connectivity index (χ1v) is 4.05. The van der Waals surface area contributed by atoms with Crippen molar-refractivity contribution in [2.75, 3.05) is 20.1 Å². The van der Waals surface area contributed by atoms with Crippen molar-refractivity contribution in [3.8, 4) is 0 Å². The zero-order valence-corrected chi connectivity index (χ0v) is 7.17. The molecule has 0 amide bonds. The van der Waals surface area contributed by atoms with Gasteiger partial charge in [-0.15, -0.1) is 0 Å². The highest BCUT2D eigenvalue weighted by atomic mass is 15.2. The maximum Gasteiger partial charge on any atom is 0.234 e. The van der Waals surface area contributed by atoms with E-state index in [1.165, 1.54) is 13.0 Å². The van der Waals surface area contributed by atoms with Gasteiger partial charge in [0.25, 0.3) is 0 Å². The van der Waals surface area contributed by atoms with E-state index in [1.807, 2.05) is 0 Å². The SMILES string of the molecule is CC[N+]1=CN(C)C(C)CC1. The van der Waals surface area contributed by atoms with Gasteiger partial charge in [-0.3, -0.25) is 9.48 Å². The lowest BCUT2D eigenvalue weighted by molar-refractivity contribution is -0.531. The van der Waals surface area contributed by atoms with E-state index in [0.29, 0.717) is 0 Å². The molecule has 1 rings (SSSR count). The molecule has 0 N–H and O–H groups in total. The molecule has 0 aromatic rings. The minimum absolute atomic E-state index is 0.725. The van der Waals surface area contributed by atoms with E-state index in [0.717, 1.165) is 12.6 Å². The second-order valence-corrected chi connectivity index (χ2v) is 3.05. The predicted octanol–water partition coefficient (Wildman–Crippen LogP) is 0.771. The molecule has 2 heteroatoms. The quantitative estimate of drug-likeness (QED) is 0.489. The summed E-state index contributed by atoms with van der Waals surface area (Å²) in [6.07, 6.45) is 3.51. The van der Waals surface area contributed by atoms with E-state index in [9.17, 15) is 0 Å². The first kappa shape index (κ1) is 7.58. The molecule has 1 aliphatic heterocycles. The largest absolute Gasteiger partial charge is 0.268 e. The van der Waals surface area contributed by atoms with Gasteiger partial charge in [-0.2, -0.15) is 0 Å². The Kier molecular flexibility index (Phi) is 2.30. The molecule has 0 saturated heterocycles. The summed E-state index contributed by atoms with van der Waals surface area (Å²) in [6.45, 7) is 6.82. The molecule has 1 unspecified atom stereocenters. The van der Waals surface area contributed by atoms with Crippen molar-refractivity contribution in [1.29, 1.82) is 0 Å². The molecule has 2 nitrogen and oxygen atoms in total. The Morgan fingerprint density at radius 1 is 1.70 bits per heavy atom. The number of hydrogen-bond donors (Lipinski definition) is 0. The van der Waals surface area contributed by atoms with Crippen LogP contribution < -0.4 is 0 Å². The van der Waals surface area contributed by atoms with E-state index >= 15 is 0 Å². The van der Waals surface area contributed by atoms with Crippen molar-refractivity contribution in [1.82, 2.24) is 4.90 Å². The third kappa shape index (κ3) is 1.49.